The number of hydrogen-bond donors (Lipinski definition) is 2. The van der Waals surface area contributed by atoms with Crippen molar-refractivity contribution < 1.29 is 22.4 Å². The summed E-state index contributed by atoms with van der Waals surface area (Å²) in [6.45, 7) is 0. The Morgan fingerprint density at radius 1 is 0.914 bits per heavy atom. The number of hydrogen-bond acceptors (Lipinski definition) is 4. The van der Waals surface area contributed by atoms with Crippen molar-refractivity contribution in [3.8, 4) is 0 Å². The molecule has 0 saturated carbocycles. The van der Waals surface area contributed by atoms with Gasteiger partial charge in [-0.25, -0.2) is 14.4 Å². The smallest absolute Gasteiger partial charge is 0.355 e. The van der Waals surface area contributed by atoms with E-state index in [2.05, 4.69) is 20.6 Å². The van der Waals surface area contributed by atoms with E-state index < -0.39 is 29.0 Å². The second-order valence-corrected chi connectivity index (χ2v) is 8.37. The van der Waals surface area contributed by atoms with E-state index in [1.807, 2.05) is 12.3 Å². The van der Waals surface area contributed by atoms with Gasteiger partial charge in [-0.1, -0.05) is 0 Å². The SMILES string of the molecule is O=C(Nc1ccc(Nc2ccnc3ncc4c(c23)CCCC4)cc1)c1ccc(F)cc1C(F)(F)F. The second-order valence-electron chi connectivity index (χ2n) is 8.37. The third-order valence-electron chi connectivity index (χ3n) is 6.04. The van der Waals surface area contributed by atoms with Crippen LogP contribution in [0.3, 0.4) is 0 Å². The van der Waals surface area contributed by atoms with Gasteiger partial charge in [0.2, 0.25) is 0 Å². The van der Waals surface area contributed by atoms with Crippen LogP contribution in [0.25, 0.3) is 11.0 Å². The topological polar surface area (TPSA) is 66.9 Å². The first-order valence-electron chi connectivity index (χ1n) is 11.1. The molecule has 9 heteroatoms. The Kier molecular flexibility index (Phi) is 5.84. The van der Waals surface area contributed by atoms with Gasteiger partial charge in [0.25, 0.3) is 5.91 Å². The van der Waals surface area contributed by atoms with Crippen LogP contribution in [0.1, 0.15) is 39.9 Å². The molecule has 0 atom stereocenters. The van der Waals surface area contributed by atoms with Crippen LogP contribution in [-0.2, 0) is 19.0 Å². The van der Waals surface area contributed by atoms with Crippen molar-refractivity contribution in [3.05, 3.63) is 89.0 Å². The molecule has 1 aliphatic rings. The molecule has 0 radical (unpaired) electrons. The van der Waals surface area contributed by atoms with Gasteiger partial charge in [0.1, 0.15) is 5.82 Å². The Balaban J connectivity index is 1.37. The van der Waals surface area contributed by atoms with Crippen molar-refractivity contribution in [1.29, 1.82) is 0 Å². The number of aromatic nitrogens is 2. The van der Waals surface area contributed by atoms with Crippen LogP contribution in [0.15, 0.2) is 60.9 Å². The third kappa shape index (κ3) is 4.66. The van der Waals surface area contributed by atoms with E-state index in [0.717, 1.165) is 54.6 Å². The number of pyridine rings is 2. The number of rotatable bonds is 4. The first-order valence-corrected chi connectivity index (χ1v) is 11.1. The quantitative estimate of drug-likeness (QED) is 0.321. The Morgan fingerprint density at radius 2 is 1.66 bits per heavy atom. The Bertz CT molecular complexity index is 1420. The molecule has 1 amide bonds. The summed E-state index contributed by atoms with van der Waals surface area (Å²) in [6, 6.07) is 10.4. The number of alkyl halides is 3. The van der Waals surface area contributed by atoms with Gasteiger partial charge in [0.05, 0.1) is 16.8 Å². The van der Waals surface area contributed by atoms with Crippen LogP contribution in [0.5, 0.6) is 0 Å². The largest absolute Gasteiger partial charge is 0.417 e. The maximum absolute atomic E-state index is 13.3. The highest BCUT2D eigenvalue weighted by atomic mass is 19.4. The zero-order valence-corrected chi connectivity index (χ0v) is 18.4. The summed E-state index contributed by atoms with van der Waals surface area (Å²) in [5.74, 6) is -2.04. The van der Waals surface area contributed by atoms with Crippen molar-refractivity contribution in [2.45, 2.75) is 31.9 Å². The minimum absolute atomic E-state index is 0.302. The fourth-order valence-electron chi connectivity index (χ4n) is 4.39. The fourth-order valence-corrected chi connectivity index (χ4v) is 4.39. The lowest BCUT2D eigenvalue weighted by atomic mass is 9.90. The first-order chi connectivity index (χ1) is 16.8. The lowest BCUT2D eigenvalue weighted by Gasteiger charge is -2.19. The summed E-state index contributed by atoms with van der Waals surface area (Å²) < 4.78 is 53.1. The molecular weight excluding hydrogens is 460 g/mol. The molecule has 4 aromatic rings. The number of carbonyl (C=O) groups excluding carboxylic acids is 1. The fraction of sp³-hybridized carbons (Fsp3) is 0.192. The monoisotopic (exact) mass is 480 g/mol. The van der Waals surface area contributed by atoms with E-state index in [1.165, 1.54) is 11.1 Å². The van der Waals surface area contributed by atoms with Gasteiger partial charge in [-0.2, -0.15) is 13.2 Å². The molecule has 2 aromatic carbocycles. The van der Waals surface area contributed by atoms with E-state index in [1.54, 1.807) is 30.5 Å². The number of aryl methyl sites for hydroxylation is 2. The number of carbonyl (C=O) groups is 1. The van der Waals surface area contributed by atoms with Gasteiger partial charge in [-0.3, -0.25) is 4.79 Å². The number of halogens is 4. The van der Waals surface area contributed by atoms with E-state index in [0.29, 0.717) is 17.4 Å². The molecule has 0 aliphatic heterocycles. The van der Waals surface area contributed by atoms with Crippen molar-refractivity contribution in [3.63, 3.8) is 0 Å². The van der Waals surface area contributed by atoms with Crippen LogP contribution >= 0.6 is 0 Å². The average molecular weight is 480 g/mol. The molecule has 5 nitrogen and oxygen atoms in total. The van der Waals surface area contributed by atoms with Gasteiger partial charge >= 0.3 is 6.18 Å². The summed E-state index contributed by atoms with van der Waals surface area (Å²) in [7, 11) is 0. The average Bonchev–Trinajstić information content (AvgIpc) is 2.84. The highest BCUT2D eigenvalue weighted by molar-refractivity contribution is 6.05. The second kappa shape index (κ2) is 8.98. The number of amides is 1. The highest BCUT2D eigenvalue weighted by Crippen LogP contribution is 2.34. The Labute approximate surface area is 198 Å². The van der Waals surface area contributed by atoms with E-state index in [-0.39, 0.29) is 0 Å². The predicted molar refractivity (Wildman–Crippen MR) is 125 cm³/mol. The van der Waals surface area contributed by atoms with Gasteiger partial charge in [0, 0.05) is 29.2 Å². The van der Waals surface area contributed by atoms with Crippen LogP contribution in [0, 0.1) is 5.82 Å². The molecular formula is C26H20F4N4O. The molecule has 0 bridgehead atoms. The van der Waals surface area contributed by atoms with E-state index in [9.17, 15) is 22.4 Å². The molecule has 1 aliphatic carbocycles. The lowest BCUT2D eigenvalue weighted by Crippen LogP contribution is -2.19. The standard InChI is InChI=1S/C26H20F4N4O/c27-16-5-10-20(21(13-16)26(28,29)30)25(35)34-18-8-6-17(7-9-18)33-22-11-12-31-24-23(22)19-4-2-1-3-15(19)14-32-24/h5-14H,1-4H2,(H,34,35)(H,31,32,33). The highest BCUT2D eigenvalue weighted by Gasteiger charge is 2.35. The van der Waals surface area contributed by atoms with Crippen molar-refractivity contribution >= 4 is 34.0 Å². The lowest BCUT2D eigenvalue weighted by molar-refractivity contribution is -0.138. The predicted octanol–water partition coefficient (Wildman–Crippen LogP) is 6.66. The maximum Gasteiger partial charge on any atom is 0.417 e. The molecule has 0 saturated heterocycles. The van der Waals surface area contributed by atoms with E-state index >= 15 is 0 Å². The van der Waals surface area contributed by atoms with Crippen LogP contribution in [-0.4, -0.2) is 15.9 Å². The number of anilines is 3. The molecule has 35 heavy (non-hydrogen) atoms. The van der Waals surface area contributed by atoms with Crippen molar-refractivity contribution in [2.75, 3.05) is 10.6 Å². The zero-order valence-electron chi connectivity index (χ0n) is 18.4. The van der Waals surface area contributed by atoms with E-state index in [4.69, 9.17) is 0 Å². The molecule has 2 heterocycles. The molecule has 2 N–H and O–H groups in total. The van der Waals surface area contributed by atoms with Crippen molar-refractivity contribution in [1.82, 2.24) is 9.97 Å². The summed E-state index contributed by atoms with van der Waals surface area (Å²) in [5, 5.41) is 6.79. The van der Waals surface area contributed by atoms with Gasteiger partial charge < -0.3 is 10.6 Å². The molecule has 178 valence electrons. The summed E-state index contributed by atoms with van der Waals surface area (Å²) in [6.07, 6.45) is 2.93. The van der Waals surface area contributed by atoms with Crippen molar-refractivity contribution in [2.24, 2.45) is 0 Å². The van der Waals surface area contributed by atoms with Crippen LogP contribution in [0.2, 0.25) is 0 Å². The zero-order chi connectivity index (χ0) is 24.6. The minimum Gasteiger partial charge on any atom is -0.355 e. The first kappa shape index (κ1) is 22.8. The van der Waals surface area contributed by atoms with Gasteiger partial charge in [0.15, 0.2) is 5.65 Å². The molecule has 5 rings (SSSR count). The summed E-state index contributed by atoms with van der Waals surface area (Å²) >= 11 is 0. The summed E-state index contributed by atoms with van der Waals surface area (Å²) in [5.41, 5.74) is 3.06. The molecule has 0 spiro atoms. The molecule has 0 fully saturated rings. The minimum atomic E-state index is -4.86. The summed E-state index contributed by atoms with van der Waals surface area (Å²) in [4.78, 5) is 21.4. The molecule has 0 unspecified atom stereocenters. The third-order valence-corrected chi connectivity index (χ3v) is 6.04. The normalized spacial score (nSPS) is 13.4. The van der Waals surface area contributed by atoms with Crippen LogP contribution in [0.4, 0.5) is 34.6 Å². The maximum atomic E-state index is 13.3. The number of benzene rings is 2. The number of fused-ring (bicyclic) bond motifs is 3. The Morgan fingerprint density at radius 3 is 2.43 bits per heavy atom. The van der Waals surface area contributed by atoms with Gasteiger partial charge in [-0.15, -0.1) is 0 Å². The number of nitrogens with zero attached hydrogens (tertiary/aromatic N) is 2. The molecule has 2 aromatic heterocycles. The van der Waals surface area contributed by atoms with Gasteiger partial charge in [-0.05, 0) is 85.3 Å². The van der Waals surface area contributed by atoms with Crippen LogP contribution < -0.4 is 10.6 Å². The Hall–Kier alpha value is -4.01. The number of nitrogens with one attached hydrogen (secondary N) is 2.